The first-order chi connectivity index (χ1) is 15.8. The van der Waals surface area contributed by atoms with E-state index < -0.39 is 5.82 Å². The molecule has 0 spiro atoms. The second kappa shape index (κ2) is 9.93. The van der Waals surface area contributed by atoms with Crippen LogP contribution < -0.4 is 0 Å². The molecule has 4 rings (SSSR count). The third-order valence-electron chi connectivity index (χ3n) is 5.69. The summed E-state index contributed by atoms with van der Waals surface area (Å²) in [5.41, 5.74) is 3.59. The quantitative estimate of drug-likeness (QED) is 0.512. The van der Waals surface area contributed by atoms with Crippen LogP contribution in [0.2, 0.25) is 5.02 Å². The van der Waals surface area contributed by atoms with Crippen LogP contribution in [0, 0.1) is 19.7 Å². The van der Waals surface area contributed by atoms with Crippen LogP contribution >= 0.6 is 23.4 Å². The molecule has 0 radical (unpaired) electrons. The molecule has 10 heteroatoms. The summed E-state index contributed by atoms with van der Waals surface area (Å²) in [5, 5.41) is 8.89. The highest BCUT2D eigenvalue weighted by Crippen LogP contribution is 2.23. The van der Waals surface area contributed by atoms with Crippen LogP contribution in [0.1, 0.15) is 21.5 Å². The van der Waals surface area contributed by atoms with Crippen LogP contribution in [0.25, 0.3) is 5.69 Å². The molecule has 1 saturated heterocycles. The van der Waals surface area contributed by atoms with E-state index in [0.29, 0.717) is 31.3 Å². The van der Waals surface area contributed by atoms with Gasteiger partial charge in [0.2, 0.25) is 5.91 Å². The first-order valence-corrected chi connectivity index (χ1v) is 11.8. The van der Waals surface area contributed by atoms with Crippen LogP contribution in [0.5, 0.6) is 0 Å². The Morgan fingerprint density at radius 3 is 2.45 bits per heavy atom. The minimum atomic E-state index is -0.488. The number of hydrogen-bond donors (Lipinski definition) is 0. The molecule has 1 aliphatic rings. The van der Waals surface area contributed by atoms with E-state index >= 15 is 0 Å². The smallest absolute Gasteiger partial charge is 0.255 e. The monoisotopic (exact) mass is 487 g/mol. The molecule has 0 aliphatic carbocycles. The van der Waals surface area contributed by atoms with Crippen molar-refractivity contribution in [2.45, 2.75) is 19.0 Å². The number of thioether (sulfide) groups is 1. The average molecular weight is 488 g/mol. The normalized spacial score (nSPS) is 13.9. The van der Waals surface area contributed by atoms with E-state index in [4.69, 9.17) is 11.6 Å². The van der Waals surface area contributed by atoms with Gasteiger partial charge in [0.25, 0.3) is 5.91 Å². The van der Waals surface area contributed by atoms with Gasteiger partial charge in [-0.15, -0.1) is 10.2 Å². The Balaban J connectivity index is 1.33. The average Bonchev–Trinajstić information content (AvgIpc) is 3.27. The van der Waals surface area contributed by atoms with E-state index in [-0.39, 0.29) is 28.2 Å². The number of amides is 2. The summed E-state index contributed by atoms with van der Waals surface area (Å²) in [6, 6.07) is 9.84. The van der Waals surface area contributed by atoms with Crippen molar-refractivity contribution < 1.29 is 14.0 Å². The van der Waals surface area contributed by atoms with Gasteiger partial charge in [-0.3, -0.25) is 14.2 Å². The third-order valence-corrected chi connectivity index (χ3v) is 6.93. The fourth-order valence-electron chi connectivity index (χ4n) is 3.59. The zero-order chi connectivity index (χ0) is 23.5. The van der Waals surface area contributed by atoms with E-state index in [1.165, 1.54) is 35.0 Å². The number of carbonyl (C=O) groups is 2. The molecule has 0 bridgehead atoms. The highest BCUT2D eigenvalue weighted by atomic mass is 35.5. The van der Waals surface area contributed by atoms with E-state index in [1.807, 2.05) is 23.6 Å². The van der Waals surface area contributed by atoms with Crippen molar-refractivity contribution in [2.75, 3.05) is 31.9 Å². The molecule has 0 saturated carbocycles. The van der Waals surface area contributed by atoms with Crippen LogP contribution in [0.15, 0.2) is 47.9 Å². The summed E-state index contributed by atoms with van der Waals surface area (Å²) >= 11 is 7.35. The number of carbonyl (C=O) groups excluding carboxylic acids is 2. The second-order valence-electron chi connectivity index (χ2n) is 7.84. The van der Waals surface area contributed by atoms with Crippen molar-refractivity contribution in [1.82, 2.24) is 24.6 Å². The molecular formula is C23H23ClFN5O2S. The van der Waals surface area contributed by atoms with Gasteiger partial charge in [-0.2, -0.15) is 0 Å². The SMILES string of the molecule is Cc1ccc(-n2cnnc2SCC(=O)N2CCN(C(=O)c3ccc(F)cc3Cl)CC2)cc1C. The molecular weight excluding hydrogens is 465 g/mol. The van der Waals surface area contributed by atoms with Crippen molar-refractivity contribution in [2.24, 2.45) is 0 Å². The Hall–Kier alpha value is -2.91. The van der Waals surface area contributed by atoms with E-state index in [9.17, 15) is 14.0 Å². The lowest BCUT2D eigenvalue weighted by Gasteiger charge is -2.35. The lowest BCUT2D eigenvalue weighted by molar-refractivity contribution is -0.129. The van der Waals surface area contributed by atoms with Gasteiger partial charge in [0.15, 0.2) is 5.16 Å². The Morgan fingerprint density at radius 2 is 1.76 bits per heavy atom. The molecule has 2 aromatic carbocycles. The number of halogens is 2. The number of aryl methyl sites for hydroxylation is 2. The number of rotatable bonds is 5. The maximum absolute atomic E-state index is 13.3. The van der Waals surface area contributed by atoms with Gasteiger partial charge >= 0.3 is 0 Å². The van der Waals surface area contributed by atoms with Gasteiger partial charge in [-0.1, -0.05) is 29.4 Å². The summed E-state index contributed by atoms with van der Waals surface area (Å²) in [6.07, 6.45) is 1.64. The molecule has 1 fully saturated rings. The molecule has 0 N–H and O–H groups in total. The maximum Gasteiger partial charge on any atom is 0.255 e. The fourth-order valence-corrected chi connectivity index (χ4v) is 4.66. The number of piperazine rings is 1. The van der Waals surface area contributed by atoms with Crippen molar-refractivity contribution in [1.29, 1.82) is 0 Å². The van der Waals surface area contributed by atoms with E-state index in [1.54, 1.807) is 16.1 Å². The molecule has 7 nitrogen and oxygen atoms in total. The molecule has 3 aromatic rings. The Kier molecular flexibility index (Phi) is 6.99. The second-order valence-corrected chi connectivity index (χ2v) is 9.19. The molecule has 1 aliphatic heterocycles. The zero-order valence-electron chi connectivity index (χ0n) is 18.3. The topological polar surface area (TPSA) is 71.3 Å². The highest BCUT2D eigenvalue weighted by molar-refractivity contribution is 7.99. The van der Waals surface area contributed by atoms with Gasteiger partial charge in [-0.25, -0.2) is 4.39 Å². The van der Waals surface area contributed by atoms with Crippen LogP contribution in [0.3, 0.4) is 0 Å². The van der Waals surface area contributed by atoms with E-state index in [0.717, 1.165) is 11.8 Å². The summed E-state index contributed by atoms with van der Waals surface area (Å²) in [7, 11) is 0. The minimum absolute atomic E-state index is 0.0263. The summed E-state index contributed by atoms with van der Waals surface area (Å²) in [6.45, 7) is 5.74. The van der Waals surface area contributed by atoms with Gasteiger partial charge in [0.05, 0.1) is 16.3 Å². The third kappa shape index (κ3) is 5.20. The van der Waals surface area contributed by atoms with Crippen molar-refractivity contribution in [3.8, 4) is 5.69 Å². The first kappa shape index (κ1) is 23.3. The number of nitrogens with zero attached hydrogens (tertiary/aromatic N) is 5. The maximum atomic E-state index is 13.3. The number of benzene rings is 2. The van der Waals surface area contributed by atoms with Crippen LogP contribution in [0.4, 0.5) is 4.39 Å². The molecule has 1 aromatic heterocycles. The molecule has 33 heavy (non-hydrogen) atoms. The standard InChI is InChI=1S/C23H23ClFN5O2S/c1-15-3-5-18(11-16(15)2)30-14-26-27-23(30)33-13-21(31)28-7-9-29(10-8-28)22(32)19-6-4-17(25)12-20(19)24/h3-6,11-12,14H,7-10,13H2,1-2H3. The van der Waals surface area contributed by atoms with Gasteiger partial charge in [0.1, 0.15) is 12.1 Å². The summed E-state index contributed by atoms with van der Waals surface area (Å²) in [5.74, 6) is -0.552. The summed E-state index contributed by atoms with van der Waals surface area (Å²) < 4.78 is 15.1. The number of hydrogen-bond acceptors (Lipinski definition) is 5. The van der Waals surface area contributed by atoms with Crippen molar-refractivity contribution >= 4 is 35.2 Å². The Labute approximate surface area is 200 Å². The van der Waals surface area contributed by atoms with Crippen LogP contribution in [-0.4, -0.2) is 68.3 Å². The van der Waals surface area contributed by atoms with Crippen molar-refractivity contribution in [3.05, 3.63) is 70.3 Å². The molecule has 0 unspecified atom stereocenters. The Morgan fingerprint density at radius 1 is 1.03 bits per heavy atom. The van der Waals surface area contributed by atoms with Gasteiger partial charge in [-0.05, 0) is 55.3 Å². The van der Waals surface area contributed by atoms with Gasteiger partial charge < -0.3 is 9.80 Å². The molecule has 172 valence electrons. The van der Waals surface area contributed by atoms with Crippen molar-refractivity contribution in [3.63, 3.8) is 0 Å². The first-order valence-electron chi connectivity index (χ1n) is 10.5. The van der Waals surface area contributed by atoms with Crippen LogP contribution in [-0.2, 0) is 4.79 Å². The number of aromatic nitrogens is 3. The minimum Gasteiger partial charge on any atom is -0.338 e. The zero-order valence-corrected chi connectivity index (χ0v) is 19.9. The molecule has 2 amide bonds. The fraction of sp³-hybridized carbons (Fsp3) is 0.304. The lowest BCUT2D eigenvalue weighted by atomic mass is 10.1. The van der Waals surface area contributed by atoms with E-state index in [2.05, 4.69) is 23.2 Å². The van der Waals surface area contributed by atoms with Gasteiger partial charge in [0, 0.05) is 31.9 Å². The molecule has 0 atom stereocenters. The lowest BCUT2D eigenvalue weighted by Crippen LogP contribution is -2.51. The predicted molar refractivity (Wildman–Crippen MR) is 125 cm³/mol. The predicted octanol–water partition coefficient (Wildman–Crippen LogP) is 3.75. The largest absolute Gasteiger partial charge is 0.338 e. The summed E-state index contributed by atoms with van der Waals surface area (Å²) in [4.78, 5) is 28.8. The molecule has 2 heterocycles. The highest BCUT2D eigenvalue weighted by Gasteiger charge is 2.26. The Bertz CT molecular complexity index is 1190.